The quantitative estimate of drug-likeness (QED) is 0.781. The Labute approximate surface area is 111 Å². The fraction of sp³-hybridized carbons (Fsp3) is 0.182. The Morgan fingerprint density at radius 3 is 2.39 bits per heavy atom. The van der Waals surface area contributed by atoms with Gasteiger partial charge in [0.15, 0.2) is 0 Å². The SMILES string of the molecule is O=C1CN(c2ccc(C(=O)O)c(Br)c2)CC(=O)N1. The summed E-state index contributed by atoms with van der Waals surface area (Å²) in [5.41, 5.74) is 0.751. The number of nitrogens with one attached hydrogen (secondary N) is 1. The molecule has 1 aliphatic rings. The van der Waals surface area contributed by atoms with Crippen molar-refractivity contribution in [1.29, 1.82) is 0 Å². The molecular weight excluding hydrogens is 304 g/mol. The Hall–Kier alpha value is -1.89. The first-order chi connectivity index (χ1) is 8.47. The zero-order chi connectivity index (χ0) is 13.3. The molecule has 1 saturated heterocycles. The van der Waals surface area contributed by atoms with Crippen molar-refractivity contribution in [2.24, 2.45) is 0 Å². The number of hydrogen-bond donors (Lipinski definition) is 2. The summed E-state index contributed by atoms with van der Waals surface area (Å²) in [6.07, 6.45) is 0. The molecule has 1 heterocycles. The van der Waals surface area contributed by atoms with Crippen LogP contribution in [0.5, 0.6) is 0 Å². The zero-order valence-electron chi connectivity index (χ0n) is 9.14. The third-order valence-electron chi connectivity index (χ3n) is 2.50. The summed E-state index contributed by atoms with van der Waals surface area (Å²) in [4.78, 5) is 34.9. The van der Waals surface area contributed by atoms with Crippen LogP contribution in [0.15, 0.2) is 22.7 Å². The van der Waals surface area contributed by atoms with Gasteiger partial charge in [-0.2, -0.15) is 0 Å². The highest BCUT2D eigenvalue weighted by molar-refractivity contribution is 9.10. The van der Waals surface area contributed by atoms with Crippen LogP contribution in [0.3, 0.4) is 0 Å². The van der Waals surface area contributed by atoms with Crippen LogP contribution in [-0.2, 0) is 9.59 Å². The first-order valence-corrected chi connectivity index (χ1v) is 5.87. The summed E-state index contributed by atoms with van der Waals surface area (Å²) in [5.74, 6) is -1.78. The lowest BCUT2D eigenvalue weighted by Gasteiger charge is -2.27. The van der Waals surface area contributed by atoms with E-state index >= 15 is 0 Å². The highest BCUT2D eigenvalue weighted by atomic mass is 79.9. The van der Waals surface area contributed by atoms with E-state index in [2.05, 4.69) is 21.2 Å². The number of carbonyl (C=O) groups is 3. The molecule has 0 atom stereocenters. The van der Waals surface area contributed by atoms with Gasteiger partial charge >= 0.3 is 5.97 Å². The van der Waals surface area contributed by atoms with Gasteiger partial charge in [0, 0.05) is 10.2 Å². The molecule has 0 saturated carbocycles. The summed E-state index contributed by atoms with van der Waals surface area (Å²) >= 11 is 3.15. The van der Waals surface area contributed by atoms with Gasteiger partial charge in [-0.25, -0.2) is 4.79 Å². The summed E-state index contributed by atoms with van der Waals surface area (Å²) in [5, 5.41) is 11.1. The molecule has 1 fully saturated rings. The largest absolute Gasteiger partial charge is 0.478 e. The Kier molecular flexibility index (Phi) is 3.33. The molecule has 0 aromatic heterocycles. The van der Waals surface area contributed by atoms with Crippen molar-refractivity contribution in [3.63, 3.8) is 0 Å². The number of aromatic carboxylic acids is 1. The Morgan fingerprint density at radius 1 is 1.28 bits per heavy atom. The molecular formula is C11H9BrN2O4. The standard InChI is InChI=1S/C11H9BrN2O4/c12-8-3-6(1-2-7(8)11(17)18)14-4-9(15)13-10(16)5-14/h1-3H,4-5H2,(H,17,18)(H,13,15,16). The first kappa shape index (κ1) is 12.6. The minimum Gasteiger partial charge on any atom is -0.478 e. The van der Waals surface area contributed by atoms with Crippen LogP contribution in [0.1, 0.15) is 10.4 Å². The average molecular weight is 313 g/mol. The summed E-state index contributed by atoms with van der Waals surface area (Å²) in [7, 11) is 0. The van der Waals surface area contributed by atoms with Gasteiger partial charge in [0.1, 0.15) is 0 Å². The van der Waals surface area contributed by atoms with Crippen molar-refractivity contribution in [3.8, 4) is 0 Å². The van der Waals surface area contributed by atoms with Crippen molar-refractivity contribution >= 4 is 39.4 Å². The summed E-state index contributed by atoms with van der Waals surface area (Å²) in [6, 6.07) is 4.58. The first-order valence-electron chi connectivity index (χ1n) is 5.08. The van der Waals surface area contributed by atoms with E-state index in [1.807, 2.05) is 0 Å². The number of hydrogen-bond acceptors (Lipinski definition) is 4. The van der Waals surface area contributed by atoms with Crippen molar-refractivity contribution in [1.82, 2.24) is 5.32 Å². The molecule has 0 radical (unpaired) electrons. The minimum absolute atomic E-state index is 0.0740. The fourth-order valence-corrected chi connectivity index (χ4v) is 2.23. The normalized spacial score (nSPS) is 15.5. The monoisotopic (exact) mass is 312 g/mol. The fourth-order valence-electron chi connectivity index (χ4n) is 1.69. The number of rotatable bonds is 2. The highest BCUT2D eigenvalue weighted by Crippen LogP contribution is 2.24. The maximum absolute atomic E-state index is 11.2. The van der Waals surface area contributed by atoms with E-state index in [1.54, 1.807) is 17.0 Å². The van der Waals surface area contributed by atoms with Gasteiger partial charge < -0.3 is 10.0 Å². The van der Waals surface area contributed by atoms with Gasteiger partial charge in [0.2, 0.25) is 11.8 Å². The number of nitrogens with zero attached hydrogens (tertiary/aromatic N) is 1. The van der Waals surface area contributed by atoms with E-state index in [-0.39, 0.29) is 30.5 Å². The summed E-state index contributed by atoms with van der Waals surface area (Å²) < 4.78 is 0.408. The number of carbonyl (C=O) groups excluding carboxylic acids is 2. The van der Waals surface area contributed by atoms with Crippen LogP contribution in [0.25, 0.3) is 0 Å². The van der Waals surface area contributed by atoms with Crippen LogP contribution in [0, 0.1) is 0 Å². The molecule has 6 nitrogen and oxygen atoms in total. The number of imide groups is 1. The maximum atomic E-state index is 11.2. The van der Waals surface area contributed by atoms with Crippen molar-refractivity contribution in [2.75, 3.05) is 18.0 Å². The third kappa shape index (κ3) is 2.51. The van der Waals surface area contributed by atoms with Crippen LogP contribution < -0.4 is 10.2 Å². The molecule has 1 aromatic rings. The molecule has 2 amide bonds. The second kappa shape index (κ2) is 4.77. The number of carboxylic acid groups (broad SMARTS) is 1. The highest BCUT2D eigenvalue weighted by Gasteiger charge is 2.23. The molecule has 18 heavy (non-hydrogen) atoms. The number of piperazine rings is 1. The smallest absolute Gasteiger partial charge is 0.336 e. The minimum atomic E-state index is -1.04. The molecule has 1 aromatic carbocycles. The van der Waals surface area contributed by atoms with E-state index in [0.29, 0.717) is 10.2 Å². The Balaban J connectivity index is 2.29. The molecule has 2 rings (SSSR count). The lowest BCUT2D eigenvalue weighted by Crippen LogP contribution is -2.51. The van der Waals surface area contributed by atoms with Gasteiger partial charge in [0.25, 0.3) is 0 Å². The van der Waals surface area contributed by atoms with Crippen LogP contribution in [0.2, 0.25) is 0 Å². The van der Waals surface area contributed by atoms with Gasteiger partial charge in [0.05, 0.1) is 18.7 Å². The zero-order valence-corrected chi connectivity index (χ0v) is 10.7. The molecule has 0 unspecified atom stereocenters. The van der Waals surface area contributed by atoms with Crippen LogP contribution in [0.4, 0.5) is 5.69 Å². The van der Waals surface area contributed by atoms with Crippen molar-refractivity contribution in [2.45, 2.75) is 0 Å². The van der Waals surface area contributed by atoms with E-state index in [9.17, 15) is 14.4 Å². The number of carboxylic acids is 1. The molecule has 2 N–H and O–H groups in total. The predicted octanol–water partition coefficient (Wildman–Crippen LogP) is 0.610. The average Bonchev–Trinajstić information content (AvgIpc) is 2.26. The number of halogens is 1. The van der Waals surface area contributed by atoms with Gasteiger partial charge in [-0.05, 0) is 34.1 Å². The Morgan fingerprint density at radius 2 is 1.89 bits per heavy atom. The maximum Gasteiger partial charge on any atom is 0.336 e. The van der Waals surface area contributed by atoms with Gasteiger partial charge in [-0.3, -0.25) is 14.9 Å². The summed E-state index contributed by atoms with van der Waals surface area (Å²) in [6.45, 7) is 0.148. The number of amides is 2. The number of anilines is 1. The van der Waals surface area contributed by atoms with E-state index < -0.39 is 5.97 Å². The molecule has 0 bridgehead atoms. The van der Waals surface area contributed by atoms with Gasteiger partial charge in [-0.15, -0.1) is 0 Å². The Bertz CT molecular complexity index is 528. The van der Waals surface area contributed by atoms with E-state index in [4.69, 9.17) is 5.11 Å². The van der Waals surface area contributed by atoms with Crippen LogP contribution >= 0.6 is 15.9 Å². The van der Waals surface area contributed by atoms with E-state index in [1.165, 1.54) is 6.07 Å². The third-order valence-corrected chi connectivity index (χ3v) is 3.15. The second-order valence-corrected chi connectivity index (χ2v) is 4.65. The predicted molar refractivity (Wildman–Crippen MR) is 66.5 cm³/mol. The molecule has 7 heteroatoms. The van der Waals surface area contributed by atoms with Crippen LogP contribution in [-0.4, -0.2) is 36.0 Å². The molecule has 0 spiro atoms. The van der Waals surface area contributed by atoms with Crippen molar-refractivity contribution < 1.29 is 19.5 Å². The second-order valence-electron chi connectivity index (χ2n) is 3.80. The number of benzene rings is 1. The topological polar surface area (TPSA) is 86.7 Å². The lowest BCUT2D eigenvalue weighted by molar-refractivity contribution is -0.130. The molecule has 1 aliphatic heterocycles. The lowest BCUT2D eigenvalue weighted by atomic mass is 10.2. The molecule has 0 aliphatic carbocycles. The van der Waals surface area contributed by atoms with Gasteiger partial charge in [-0.1, -0.05) is 0 Å². The van der Waals surface area contributed by atoms with Crippen molar-refractivity contribution in [3.05, 3.63) is 28.2 Å². The molecule has 94 valence electrons. The van der Waals surface area contributed by atoms with E-state index in [0.717, 1.165) is 0 Å².